The Labute approximate surface area is 114 Å². The molecule has 8 heteroatoms. The second kappa shape index (κ2) is 4.89. The lowest BCUT2D eigenvalue weighted by molar-refractivity contribution is 0.477. The zero-order valence-corrected chi connectivity index (χ0v) is 11.1. The number of fused-ring (bicyclic) bond motifs is 1. The molecule has 2 unspecified atom stereocenters. The number of rotatable bonds is 4. The second-order valence-corrected chi connectivity index (χ2v) is 4.76. The molecule has 0 fully saturated rings. The Morgan fingerprint density at radius 3 is 2.70 bits per heavy atom. The Morgan fingerprint density at radius 2 is 1.95 bits per heavy atom. The van der Waals surface area contributed by atoms with Crippen LogP contribution in [0.25, 0.3) is 11.0 Å². The minimum atomic E-state index is -0.196. The van der Waals surface area contributed by atoms with E-state index in [2.05, 4.69) is 35.9 Å². The molecular formula is C12H15N7O. The summed E-state index contributed by atoms with van der Waals surface area (Å²) in [6, 6.07) is 5.89. The fourth-order valence-corrected chi connectivity index (χ4v) is 2.22. The molecule has 0 aliphatic heterocycles. The van der Waals surface area contributed by atoms with Crippen molar-refractivity contribution in [3.8, 4) is 0 Å². The largest absolute Gasteiger partial charge is 0.323 e. The van der Waals surface area contributed by atoms with E-state index < -0.39 is 0 Å². The molecule has 0 amide bonds. The number of aromatic nitrogens is 6. The van der Waals surface area contributed by atoms with Crippen molar-refractivity contribution in [1.82, 2.24) is 35.9 Å². The first-order chi connectivity index (χ1) is 9.63. The first kappa shape index (κ1) is 12.5. The molecule has 0 aliphatic carbocycles. The number of H-pyrrole nitrogens is 3. The van der Waals surface area contributed by atoms with Gasteiger partial charge in [-0.1, -0.05) is 11.3 Å². The van der Waals surface area contributed by atoms with E-state index in [1.165, 1.54) is 0 Å². The lowest BCUT2D eigenvalue weighted by Gasteiger charge is -2.18. The molecule has 2 heterocycles. The quantitative estimate of drug-likeness (QED) is 0.560. The number of hydrogen-bond acceptors (Lipinski definition) is 5. The van der Waals surface area contributed by atoms with Crippen molar-refractivity contribution in [1.29, 1.82) is 0 Å². The molecule has 0 aliphatic rings. The van der Waals surface area contributed by atoms with E-state index in [0.29, 0.717) is 5.82 Å². The lowest BCUT2D eigenvalue weighted by Crippen LogP contribution is -2.23. The van der Waals surface area contributed by atoms with E-state index in [4.69, 9.17) is 0 Å². The van der Waals surface area contributed by atoms with Gasteiger partial charge in [0.05, 0.1) is 17.1 Å². The molecule has 0 saturated heterocycles. The smallest absolute Gasteiger partial charge is 0.306 e. The van der Waals surface area contributed by atoms with Gasteiger partial charge in [-0.15, -0.1) is 10.2 Å². The monoisotopic (exact) mass is 273 g/mol. The van der Waals surface area contributed by atoms with Crippen LogP contribution in [0.1, 0.15) is 37.3 Å². The molecule has 4 N–H and O–H groups in total. The zero-order chi connectivity index (χ0) is 14.1. The Kier molecular flexibility index (Phi) is 3.07. The number of aromatic amines is 3. The maximum atomic E-state index is 11.2. The van der Waals surface area contributed by atoms with Gasteiger partial charge in [0, 0.05) is 6.04 Å². The van der Waals surface area contributed by atoms with E-state index in [0.717, 1.165) is 16.6 Å². The third kappa shape index (κ3) is 2.32. The first-order valence-corrected chi connectivity index (χ1v) is 6.35. The van der Waals surface area contributed by atoms with Crippen LogP contribution >= 0.6 is 0 Å². The van der Waals surface area contributed by atoms with Crippen molar-refractivity contribution < 1.29 is 0 Å². The van der Waals surface area contributed by atoms with Gasteiger partial charge < -0.3 is 15.3 Å². The Hall–Kier alpha value is -2.48. The highest BCUT2D eigenvalue weighted by Crippen LogP contribution is 2.19. The molecule has 2 aromatic heterocycles. The fourth-order valence-electron chi connectivity index (χ4n) is 2.22. The standard InChI is InChI=1S/C12H15N7O/c1-6(13-7(2)11-16-18-19-17-11)8-3-4-9-10(5-8)15-12(20)14-9/h3-7,13H,1-2H3,(H2,14,15,20)(H,16,17,18,19). The third-order valence-corrected chi connectivity index (χ3v) is 3.29. The summed E-state index contributed by atoms with van der Waals surface area (Å²) in [6.07, 6.45) is 0. The molecule has 0 spiro atoms. The highest BCUT2D eigenvalue weighted by molar-refractivity contribution is 5.75. The highest BCUT2D eigenvalue weighted by Gasteiger charge is 2.15. The molecule has 1 aromatic carbocycles. The van der Waals surface area contributed by atoms with Crippen LogP contribution in [0.3, 0.4) is 0 Å². The van der Waals surface area contributed by atoms with Crippen molar-refractivity contribution in [3.05, 3.63) is 40.1 Å². The van der Waals surface area contributed by atoms with Gasteiger partial charge in [-0.25, -0.2) is 4.79 Å². The molecule has 0 bridgehead atoms. The average Bonchev–Trinajstić information content (AvgIpc) is 3.05. The minimum Gasteiger partial charge on any atom is -0.306 e. The van der Waals surface area contributed by atoms with E-state index >= 15 is 0 Å². The SMILES string of the molecule is CC(NC(C)c1nn[nH]n1)c1ccc2[nH]c(=O)[nH]c2c1. The molecule has 8 nitrogen and oxygen atoms in total. The summed E-state index contributed by atoms with van der Waals surface area (Å²) in [4.78, 5) is 16.7. The summed E-state index contributed by atoms with van der Waals surface area (Å²) in [5.74, 6) is 0.618. The molecule has 2 atom stereocenters. The summed E-state index contributed by atoms with van der Waals surface area (Å²) in [5, 5.41) is 17.3. The van der Waals surface area contributed by atoms with Crippen LogP contribution in [0.4, 0.5) is 0 Å². The van der Waals surface area contributed by atoms with E-state index in [1.807, 2.05) is 32.0 Å². The highest BCUT2D eigenvalue weighted by atomic mass is 16.1. The Morgan fingerprint density at radius 1 is 1.15 bits per heavy atom. The topological polar surface area (TPSA) is 115 Å². The van der Waals surface area contributed by atoms with Gasteiger partial charge in [-0.3, -0.25) is 0 Å². The number of nitrogens with one attached hydrogen (secondary N) is 4. The molecular weight excluding hydrogens is 258 g/mol. The van der Waals surface area contributed by atoms with Gasteiger partial charge >= 0.3 is 5.69 Å². The summed E-state index contributed by atoms with van der Waals surface area (Å²) in [5.41, 5.74) is 2.48. The van der Waals surface area contributed by atoms with Crippen molar-refractivity contribution >= 4 is 11.0 Å². The first-order valence-electron chi connectivity index (χ1n) is 6.35. The predicted molar refractivity (Wildman–Crippen MR) is 73.1 cm³/mol. The maximum Gasteiger partial charge on any atom is 0.323 e. The number of hydrogen-bond donors (Lipinski definition) is 4. The van der Waals surface area contributed by atoms with Crippen LogP contribution in [0.15, 0.2) is 23.0 Å². The molecule has 104 valence electrons. The van der Waals surface area contributed by atoms with Crippen LogP contribution in [0.5, 0.6) is 0 Å². The number of benzene rings is 1. The van der Waals surface area contributed by atoms with E-state index in [9.17, 15) is 4.79 Å². The van der Waals surface area contributed by atoms with Crippen LogP contribution in [0, 0.1) is 0 Å². The van der Waals surface area contributed by atoms with Crippen LogP contribution in [-0.2, 0) is 0 Å². The number of imidazole rings is 1. The number of tetrazole rings is 1. The van der Waals surface area contributed by atoms with Crippen molar-refractivity contribution in [2.24, 2.45) is 0 Å². The van der Waals surface area contributed by atoms with Crippen molar-refractivity contribution in [2.75, 3.05) is 0 Å². The molecule has 0 radical (unpaired) electrons. The third-order valence-electron chi connectivity index (χ3n) is 3.29. The Bertz CT molecular complexity index is 758. The van der Waals surface area contributed by atoms with Gasteiger partial charge in [0.15, 0.2) is 5.82 Å². The second-order valence-electron chi connectivity index (χ2n) is 4.76. The van der Waals surface area contributed by atoms with Crippen LogP contribution < -0.4 is 11.0 Å². The van der Waals surface area contributed by atoms with E-state index in [1.54, 1.807) is 0 Å². The lowest BCUT2D eigenvalue weighted by atomic mass is 10.1. The minimum absolute atomic E-state index is 0.0234. The van der Waals surface area contributed by atoms with Gasteiger partial charge in [0.2, 0.25) is 0 Å². The summed E-state index contributed by atoms with van der Waals surface area (Å²) in [6.45, 7) is 4.01. The van der Waals surface area contributed by atoms with Crippen molar-refractivity contribution in [3.63, 3.8) is 0 Å². The van der Waals surface area contributed by atoms with E-state index in [-0.39, 0.29) is 17.8 Å². The normalized spacial score (nSPS) is 14.5. The predicted octanol–water partition coefficient (Wildman–Crippen LogP) is 0.781. The van der Waals surface area contributed by atoms with Crippen LogP contribution in [0.2, 0.25) is 0 Å². The maximum absolute atomic E-state index is 11.2. The molecule has 20 heavy (non-hydrogen) atoms. The Balaban J connectivity index is 1.81. The summed E-state index contributed by atoms with van der Waals surface area (Å²) < 4.78 is 0. The number of nitrogens with zero attached hydrogens (tertiary/aromatic N) is 3. The van der Waals surface area contributed by atoms with Gasteiger partial charge in [-0.2, -0.15) is 5.21 Å². The summed E-state index contributed by atoms with van der Waals surface area (Å²) in [7, 11) is 0. The fraction of sp³-hybridized carbons (Fsp3) is 0.333. The van der Waals surface area contributed by atoms with Gasteiger partial charge in [0.1, 0.15) is 0 Å². The molecule has 0 saturated carbocycles. The average molecular weight is 273 g/mol. The van der Waals surface area contributed by atoms with Gasteiger partial charge in [-0.05, 0) is 31.5 Å². The molecule has 3 rings (SSSR count). The van der Waals surface area contributed by atoms with Crippen LogP contribution in [-0.4, -0.2) is 30.6 Å². The zero-order valence-electron chi connectivity index (χ0n) is 11.1. The van der Waals surface area contributed by atoms with Crippen molar-refractivity contribution in [2.45, 2.75) is 25.9 Å². The van der Waals surface area contributed by atoms with Gasteiger partial charge in [0.25, 0.3) is 0 Å². The molecule has 3 aromatic rings. The summed E-state index contributed by atoms with van der Waals surface area (Å²) >= 11 is 0.